The molecule has 0 N–H and O–H groups in total. The van der Waals surface area contributed by atoms with Crippen LogP contribution in [-0.2, 0) is 25.7 Å². The number of methoxy groups -OCH3 is 1. The quantitative estimate of drug-likeness (QED) is 0.594. The first-order valence-corrected chi connectivity index (χ1v) is 9.39. The van der Waals surface area contributed by atoms with Gasteiger partial charge in [0, 0.05) is 0 Å². The second-order valence-corrected chi connectivity index (χ2v) is 6.86. The molecule has 1 aliphatic heterocycles. The Morgan fingerprint density at radius 1 is 0.667 bits per heavy atom. The summed E-state index contributed by atoms with van der Waals surface area (Å²) in [5.41, 5.74) is 5.37. The van der Waals surface area contributed by atoms with Crippen molar-refractivity contribution in [1.82, 2.24) is 0 Å². The summed E-state index contributed by atoms with van der Waals surface area (Å²) in [6.07, 6.45) is 4.11. The number of benzene rings is 3. The highest BCUT2D eigenvalue weighted by molar-refractivity contribution is 5.44. The molecule has 3 aromatic carbocycles. The van der Waals surface area contributed by atoms with E-state index in [1.807, 2.05) is 18.2 Å². The number of hydrogen-bond acceptors (Lipinski definition) is 3. The summed E-state index contributed by atoms with van der Waals surface area (Å²) < 4.78 is 16.1. The van der Waals surface area contributed by atoms with Crippen LogP contribution >= 0.6 is 0 Å². The molecule has 138 valence electrons. The third-order valence-corrected chi connectivity index (χ3v) is 4.99. The van der Waals surface area contributed by atoms with Crippen molar-refractivity contribution < 1.29 is 14.2 Å². The predicted molar refractivity (Wildman–Crippen MR) is 107 cm³/mol. The molecular weight excluding hydrogens is 336 g/mol. The zero-order chi connectivity index (χ0) is 18.5. The molecule has 0 fully saturated rings. The third kappa shape index (κ3) is 4.43. The fourth-order valence-corrected chi connectivity index (χ4v) is 3.41. The normalized spacial score (nSPS) is 12.2. The molecule has 3 heteroatoms. The molecule has 0 aromatic heterocycles. The van der Waals surface area contributed by atoms with Crippen molar-refractivity contribution in [3.8, 4) is 17.2 Å². The van der Waals surface area contributed by atoms with E-state index in [-0.39, 0.29) is 0 Å². The molecule has 4 rings (SSSR count). The van der Waals surface area contributed by atoms with Gasteiger partial charge in [-0.05, 0) is 72.2 Å². The second kappa shape index (κ2) is 8.17. The minimum absolute atomic E-state index is 0.328. The fourth-order valence-electron chi connectivity index (χ4n) is 3.41. The van der Waals surface area contributed by atoms with Crippen molar-refractivity contribution >= 4 is 0 Å². The molecule has 3 nitrogen and oxygen atoms in total. The van der Waals surface area contributed by atoms with Crippen molar-refractivity contribution in [1.29, 1.82) is 0 Å². The lowest BCUT2D eigenvalue weighted by molar-refractivity contribution is 0.174. The van der Waals surface area contributed by atoms with Gasteiger partial charge in [-0.3, -0.25) is 0 Å². The second-order valence-electron chi connectivity index (χ2n) is 6.86. The molecule has 0 amide bonds. The molecule has 1 heterocycles. The van der Waals surface area contributed by atoms with Crippen molar-refractivity contribution in [2.24, 2.45) is 0 Å². The zero-order valence-corrected chi connectivity index (χ0v) is 15.6. The Balaban J connectivity index is 1.34. The Morgan fingerprint density at radius 3 is 1.96 bits per heavy atom. The van der Waals surface area contributed by atoms with Gasteiger partial charge in [-0.2, -0.15) is 0 Å². The number of aryl methyl sites for hydroxylation is 4. The minimum Gasteiger partial charge on any atom is -0.497 e. The van der Waals surface area contributed by atoms with E-state index in [1.165, 1.54) is 22.3 Å². The summed E-state index contributed by atoms with van der Waals surface area (Å²) in [6, 6.07) is 23.5. The summed E-state index contributed by atoms with van der Waals surface area (Å²) in [4.78, 5) is 0. The van der Waals surface area contributed by atoms with Crippen molar-refractivity contribution in [2.45, 2.75) is 25.7 Å². The Morgan fingerprint density at radius 2 is 1.26 bits per heavy atom. The summed E-state index contributed by atoms with van der Waals surface area (Å²) >= 11 is 0. The maximum Gasteiger partial charge on any atom is 0.231 e. The average Bonchev–Trinajstić information content (AvgIpc) is 3.19. The molecule has 0 bridgehead atoms. The van der Waals surface area contributed by atoms with Gasteiger partial charge in [0.15, 0.2) is 11.5 Å². The lowest BCUT2D eigenvalue weighted by Gasteiger charge is -2.07. The van der Waals surface area contributed by atoms with Gasteiger partial charge in [-0.25, -0.2) is 0 Å². The van der Waals surface area contributed by atoms with Crippen LogP contribution in [0, 0.1) is 0 Å². The number of rotatable bonds is 7. The lowest BCUT2D eigenvalue weighted by Crippen LogP contribution is -1.95. The largest absolute Gasteiger partial charge is 0.497 e. The minimum atomic E-state index is 0.328. The fraction of sp³-hybridized carbons (Fsp3) is 0.250. The van der Waals surface area contributed by atoms with Crippen LogP contribution in [0.1, 0.15) is 22.3 Å². The average molecular weight is 360 g/mol. The van der Waals surface area contributed by atoms with Crippen LogP contribution in [0.4, 0.5) is 0 Å². The van der Waals surface area contributed by atoms with E-state index >= 15 is 0 Å². The maximum atomic E-state index is 5.47. The first kappa shape index (κ1) is 17.5. The van der Waals surface area contributed by atoms with Gasteiger partial charge in [-0.1, -0.05) is 42.5 Å². The van der Waals surface area contributed by atoms with Crippen LogP contribution in [0.15, 0.2) is 66.7 Å². The van der Waals surface area contributed by atoms with Gasteiger partial charge in [0.1, 0.15) is 5.75 Å². The molecule has 0 saturated carbocycles. The van der Waals surface area contributed by atoms with E-state index in [0.29, 0.717) is 6.79 Å². The van der Waals surface area contributed by atoms with Gasteiger partial charge in [0.05, 0.1) is 7.11 Å². The highest BCUT2D eigenvalue weighted by Crippen LogP contribution is 2.32. The molecule has 0 unspecified atom stereocenters. The first-order chi connectivity index (χ1) is 13.3. The molecule has 0 spiro atoms. The zero-order valence-electron chi connectivity index (χ0n) is 15.6. The first-order valence-electron chi connectivity index (χ1n) is 9.39. The van der Waals surface area contributed by atoms with Crippen LogP contribution in [-0.4, -0.2) is 13.9 Å². The Kier molecular flexibility index (Phi) is 5.29. The SMILES string of the molecule is COc1ccc(CCc2cccc(CCc3ccc4c(c3)OCO4)c2)cc1. The summed E-state index contributed by atoms with van der Waals surface area (Å²) in [5.74, 6) is 2.62. The number of hydrogen-bond donors (Lipinski definition) is 0. The summed E-state index contributed by atoms with van der Waals surface area (Å²) in [6.45, 7) is 0.328. The van der Waals surface area contributed by atoms with Gasteiger partial charge >= 0.3 is 0 Å². The smallest absolute Gasteiger partial charge is 0.231 e. The van der Waals surface area contributed by atoms with E-state index in [9.17, 15) is 0 Å². The van der Waals surface area contributed by atoms with Crippen molar-refractivity contribution in [3.05, 3.63) is 89.0 Å². The summed E-state index contributed by atoms with van der Waals surface area (Å²) in [5, 5.41) is 0. The van der Waals surface area contributed by atoms with Crippen molar-refractivity contribution in [3.63, 3.8) is 0 Å². The Bertz CT molecular complexity index is 900. The monoisotopic (exact) mass is 360 g/mol. The maximum absolute atomic E-state index is 5.47. The highest BCUT2D eigenvalue weighted by atomic mass is 16.7. The van der Waals surface area contributed by atoms with Gasteiger partial charge in [0.2, 0.25) is 6.79 Å². The molecule has 27 heavy (non-hydrogen) atoms. The lowest BCUT2D eigenvalue weighted by atomic mass is 9.99. The molecule has 3 aromatic rings. The van der Waals surface area contributed by atoms with Crippen LogP contribution in [0.2, 0.25) is 0 Å². The van der Waals surface area contributed by atoms with Gasteiger partial charge < -0.3 is 14.2 Å². The van der Waals surface area contributed by atoms with Gasteiger partial charge in [0.25, 0.3) is 0 Å². The van der Waals surface area contributed by atoms with Gasteiger partial charge in [-0.15, -0.1) is 0 Å². The Hall–Kier alpha value is -2.94. The molecule has 0 atom stereocenters. The van der Waals surface area contributed by atoms with Crippen LogP contribution in [0.3, 0.4) is 0 Å². The molecule has 0 aliphatic carbocycles. The predicted octanol–water partition coefficient (Wildman–Crippen LogP) is 4.99. The van der Waals surface area contributed by atoms with E-state index in [2.05, 4.69) is 48.5 Å². The van der Waals surface area contributed by atoms with Crippen LogP contribution in [0.25, 0.3) is 0 Å². The molecular formula is C24H24O3. The summed E-state index contributed by atoms with van der Waals surface area (Å²) in [7, 11) is 1.70. The van der Waals surface area contributed by atoms with E-state index < -0.39 is 0 Å². The molecule has 0 radical (unpaired) electrons. The van der Waals surface area contributed by atoms with Crippen LogP contribution in [0.5, 0.6) is 17.2 Å². The number of fused-ring (bicyclic) bond motifs is 1. The highest BCUT2D eigenvalue weighted by Gasteiger charge is 2.13. The van der Waals surface area contributed by atoms with Crippen molar-refractivity contribution in [2.75, 3.05) is 13.9 Å². The Labute approximate surface area is 160 Å². The topological polar surface area (TPSA) is 27.7 Å². The molecule has 0 saturated heterocycles. The molecule has 1 aliphatic rings. The third-order valence-electron chi connectivity index (χ3n) is 4.99. The van der Waals surface area contributed by atoms with E-state index in [0.717, 1.165) is 42.9 Å². The number of ether oxygens (including phenoxy) is 3. The van der Waals surface area contributed by atoms with Crippen LogP contribution < -0.4 is 14.2 Å². The van der Waals surface area contributed by atoms with E-state index in [4.69, 9.17) is 14.2 Å². The van der Waals surface area contributed by atoms with E-state index in [1.54, 1.807) is 7.11 Å². The standard InChI is InChI=1S/C24H24O3/c1-25-22-12-9-18(10-13-22)5-6-19-3-2-4-20(15-19)7-8-21-11-14-23-24(16-21)27-17-26-23/h2-4,9-16H,5-8,17H2,1H3.